The zero-order chi connectivity index (χ0) is 19.0. The summed E-state index contributed by atoms with van der Waals surface area (Å²) in [6.07, 6.45) is 0. The molecule has 2 nitrogen and oxygen atoms in total. The summed E-state index contributed by atoms with van der Waals surface area (Å²) in [4.78, 5) is 0. The molecule has 0 radical (unpaired) electrons. The van der Waals surface area contributed by atoms with Gasteiger partial charge in [-0.05, 0) is 79.1 Å². The third kappa shape index (κ3) is 3.20. The summed E-state index contributed by atoms with van der Waals surface area (Å²) in [5.41, 5.74) is 8.28. The molecule has 3 aromatic carbocycles. The van der Waals surface area contributed by atoms with Crippen molar-refractivity contribution < 1.29 is 10.2 Å². The minimum absolute atomic E-state index is 0.0483. The molecule has 0 atom stereocenters. The standard InChI is InChI=1S/C24H26O2/c1-14-8-6-7-9-21(14)22(19-10-15(2)23(25)16(3)11-19)20-12-17(4)24(26)18(5)13-20/h6-13,22,25-26H,1-5H3. The van der Waals surface area contributed by atoms with Gasteiger partial charge in [0.1, 0.15) is 11.5 Å². The van der Waals surface area contributed by atoms with E-state index in [1.807, 2.05) is 27.7 Å². The van der Waals surface area contributed by atoms with Gasteiger partial charge >= 0.3 is 0 Å². The topological polar surface area (TPSA) is 40.5 Å². The second-order valence-electron chi connectivity index (χ2n) is 7.30. The lowest BCUT2D eigenvalue weighted by Crippen LogP contribution is -2.07. The molecule has 0 aromatic heterocycles. The molecule has 134 valence electrons. The Kier molecular flexibility index (Phi) is 4.78. The second-order valence-corrected chi connectivity index (χ2v) is 7.30. The number of phenols is 2. The Morgan fingerprint density at radius 2 is 0.962 bits per heavy atom. The van der Waals surface area contributed by atoms with Crippen LogP contribution in [0.25, 0.3) is 0 Å². The number of rotatable bonds is 3. The van der Waals surface area contributed by atoms with Gasteiger partial charge in [0.05, 0.1) is 0 Å². The normalized spacial score (nSPS) is 11.2. The lowest BCUT2D eigenvalue weighted by Gasteiger charge is -2.23. The summed E-state index contributed by atoms with van der Waals surface area (Å²) in [6.45, 7) is 9.88. The number of aryl methyl sites for hydroxylation is 5. The van der Waals surface area contributed by atoms with Crippen LogP contribution in [0.1, 0.15) is 50.4 Å². The van der Waals surface area contributed by atoms with E-state index >= 15 is 0 Å². The van der Waals surface area contributed by atoms with Crippen LogP contribution >= 0.6 is 0 Å². The molecule has 2 heteroatoms. The molecule has 0 heterocycles. The number of hydrogen-bond donors (Lipinski definition) is 2. The smallest absolute Gasteiger partial charge is 0.121 e. The van der Waals surface area contributed by atoms with Crippen molar-refractivity contribution in [1.82, 2.24) is 0 Å². The van der Waals surface area contributed by atoms with Gasteiger partial charge < -0.3 is 10.2 Å². The monoisotopic (exact) mass is 346 g/mol. The first-order valence-electron chi connectivity index (χ1n) is 8.95. The van der Waals surface area contributed by atoms with Crippen molar-refractivity contribution in [3.63, 3.8) is 0 Å². The van der Waals surface area contributed by atoms with Crippen molar-refractivity contribution in [2.45, 2.75) is 40.5 Å². The van der Waals surface area contributed by atoms with Gasteiger partial charge in [-0.1, -0.05) is 48.5 Å². The largest absolute Gasteiger partial charge is 0.507 e. The average Bonchev–Trinajstić information content (AvgIpc) is 2.59. The maximum absolute atomic E-state index is 10.2. The first-order chi connectivity index (χ1) is 12.3. The fraction of sp³-hybridized carbons (Fsp3) is 0.250. The molecule has 0 fully saturated rings. The van der Waals surface area contributed by atoms with Crippen LogP contribution in [0.3, 0.4) is 0 Å². The molecule has 3 aromatic rings. The molecule has 3 rings (SSSR count). The van der Waals surface area contributed by atoms with Gasteiger partial charge in [0.2, 0.25) is 0 Å². The highest BCUT2D eigenvalue weighted by Gasteiger charge is 2.21. The van der Waals surface area contributed by atoms with Crippen LogP contribution in [0.2, 0.25) is 0 Å². The van der Waals surface area contributed by atoms with E-state index in [-0.39, 0.29) is 5.92 Å². The predicted molar refractivity (Wildman–Crippen MR) is 107 cm³/mol. The van der Waals surface area contributed by atoms with Gasteiger partial charge in [-0.3, -0.25) is 0 Å². The van der Waals surface area contributed by atoms with Crippen LogP contribution in [-0.4, -0.2) is 10.2 Å². The van der Waals surface area contributed by atoms with Crippen molar-refractivity contribution in [3.8, 4) is 11.5 Å². The van der Waals surface area contributed by atoms with Crippen LogP contribution in [0, 0.1) is 34.6 Å². The number of phenolic OH excluding ortho intramolecular Hbond substituents is 2. The fourth-order valence-electron chi connectivity index (χ4n) is 3.77. The third-order valence-electron chi connectivity index (χ3n) is 5.19. The van der Waals surface area contributed by atoms with E-state index in [0.717, 1.165) is 33.4 Å². The fourth-order valence-corrected chi connectivity index (χ4v) is 3.77. The molecule has 0 bridgehead atoms. The number of aromatic hydroxyl groups is 2. The van der Waals surface area contributed by atoms with E-state index < -0.39 is 0 Å². The van der Waals surface area contributed by atoms with E-state index in [4.69, 9.17) is 0 Å². The molecule has 0 spiro atoms. The van der Waals surface area contributed by atoms with Crippen LogP contribution in [-0.2, 0) is 0 Å². The number of benzene rings is 3. The molecule has 26 heavy (non-hydrogen) atoms. The highest BCUT2D eigenvalue weighted by molar-refractivity contribution is 5.54. The van der Waals surface area contributed by atoms with Crippen LogP contribution in [0.15, 0.2) is 48.5 Å². The van der Waals surface area contributed by atoms with Gasteiger partial charge in [-0.2, -0.15) is 0 Å². The van der Waals surface area contributed by atoms with Crippen molar-refractivity contribution in [1.29, 1.82) is 0 Å². The molecule has 0 saturated heterocycles. The quantitative estimate of drug-likeness (QED) is 0.587. The summed E-state index contributed by atoms with van der Waals surface area (Å²) in [5, 5.41) is 20.4. The SMILES string of the molecule is Cc1ccccc1C(c1cc(C)c(O)c(C)c1)c1cc(C)c(O)c(C)c1. The van der Waals surface area contributed by atoms with E-state index in [1.54, 1.807) is 0 Å². The Bertz CT molecular complexity index is 866. The first-order valence-corrected chi connectivity index (χ1v) is 8.95. The Hall–Kier alpha value is -2.74. The Labute approximate surface area is 155 Å². The molecule has 0 amide bonds. The zero-order valence-corrected chi connectivity index (χ0v) is 16.1. The van der Waals surface area contributed by atoms with E-state index in [0.29, 0.717) is 11.5 Å². The van der Waals surface area contributed by atoms with Gasteiger partial charge in [-0.15, -0.1) is 0 Å². The zero-order valence-electron chi connectivity index (χ0n) is 16.1. The van der Waals surface area contributed by atoms with Crippen molar-refractivity contribution >= 4 is 0 Å². The summed E-state index contributed by atoms with van der Waals surface area (Å²) in [6, 6.07) is 16.7. The van der Waals surface area contributed by atoms with Gasteiger partial charge in [0.15, 0.2) is 0 Å². The average molecular weight is 346 g/mol. The van der Waals surface area contributed by atoms with Crippen molar-refractivity contribution in [2.75, 3.05) is 0 Å². The molecular formula is C24H26O2. The van der Waals surface area contributed by atoms with E-state index in [2.05, 4.69) is 55.5 Å². The maximum Gasteiger partial charge on any atom is 0.121 e. The van der Waals surface area contributed by atoms with Crippen molar-refractivity contribution in [3.05, 3.63) is 93.0 Å². The molecule has 0 unspecified atom stereocenters. The first kappa shape index (κ1) is 18.1. The summed E-state index contributed by atoms with van der Waals surface area (Å²) in [7, 11) is 0. The minimum atomic E-state index is 0.0483. The predicted octanol–water partition coefficient (Wildman–Crippen LogP) is 5.82. The maximum atomic E-state index is 10.2. The summed E-state index contributed by atoms with van der Waals surface area (Å²) < 4.78 is 0. The number of hydrogen-bond acceptors (Lipinski definition) is 2. The van der Waals surface area contributed by atoms with Crippen LogP contribution in [0.5, 0.6) is 11.5 Å². The molecule has 0 aliphatic rings. The Morgan fingerprint density at radius 1 is 0.577 bits per heavy atom. The van der Waals surface area contributed by atoms with Gasteiger partial charge in [-0.25, -0.2) is 0 Å². The highest BCUT2D eigenvalue weighted by atomic mass is 16.3. The summed E-state index contributed by atoms with van der Waals surface area (Å²) >= 11 is 0. The third-order valence-corrected chi connectivity index (χ3v) is 5.19. The van der Waals surface area contributed by atoms with Crippen LogP contribution in [0.4, 0.5) is 0 Å². The molecule has 0 aliphatic carbocycles. The Balaban J connectivity index is 2.30. The highest BCUT2D eigenvalue weighted by Crippen LogP contribution is 2.39. The minimum Gasteiger partial charge on any atom is -0.507 e. The Morgan fingerprint density at radius 3 is 1.35 bits per heavy atom. The van der Waals surface area contributed by atoms with E-state index in [9.17, 15) is 10.2 Å². The molecular weight excluding hydrogens is 320 g/mol. The molecule has 0 saturated carbocycles. The lowest BCUT2D eigenvalue weighted by molar-refractivity contribution is 0.466. The molecule has 0 aliphatic heterocycles. The van der Waals surface area contributed by atoms with Gasteiger partial charge in [0.25, 0.3) is 0 Å². The van der Waals surface area contributed by atoms with Crippen molar-refractivity contribution in [2.24, 2.45) is 0 Å². The molecule has 2 N–H and O–H groups in total. The second kappa shape index (κ2) is 6.87. The lowest BCUT2D eigenvalue weighted by atomic mass is 9.81. The summed E-state index contributed by atoms with van der Waals surface area (Å²) in [5.74, 6) is 0.762. The van der Waals surface area contributed by atoms with E-state index in [1.165, 1.54) is 11.1 Å². The van der Waals surface area contributed by atoms with Gasteiger partial charge in [0, 0.05) is 5.92 Å². The van der Waals surface area contributed by atoms with Crippen LogP contribution < -0.4 is 0 Å².